The molecule has 0 unspecified atom stereocenters. The monoisotopic (exact) mass is 139 g/mol. The highest BCUT2D eigenvalue weighted by Gasteiger charge is 1.92. The van der Waals surface area contributed by atoms with Gasteiger partial charge in [-0.05, 0) is 19.9 Å². The topological polar surface area (TPSA) is 12.9 Å². The maximum atomic E-state index is 4.10. The van der Waals surface area contributed by atoms with Crippen LogP contribution in [0, 0.1) is 6.92 Å². The first-order valence-electron chi connectivity index (χ1n) is 2.87. The Hall–Kier alpha value is -0.630. The number of hydrogen-bond donors (Lipinski definition) is 0. The second-order valence-electron chi connectivity index (χ2n) is 1.80. The smallest absolute Gasteiger partial charge is 0.0801 e. The lowest BCUT2D eigenvalue weighted by molar-refractivity contribution is 1.26. The molecule has 0 spiro atoms. The SMILES string of the molecule is CC=Cc1scnc1C. The van der Waals surface area contributed by atoms with Gasteiger partial charge in [-0.25, -0.2) is 4.98 Å². The minimum Gasteiger partial charge on any atom is -0.249 e. The Morgan fingerprint density at radius 2 is 2.44 bits per heavy atom. The quantitative estimate of drug-likeness (QED) is 0.582. The van der Waals surface area contributed by atoms with Gasteiger partial charge in [0.15, 0.2) is 0 Å². The van der Waals surface area contributed by atoms with Crippen LogP contribution in [0.1, 0.15) is 17.5 Å². The zero-order valence-electron chi connectivity index (χ0n) is 5.59. The molecule has 2 heteroatoms. The van der Waals surface area contributed by atoms with Gasteiger partial charge in [0.2, 0.25) is 0 Å². The molecule has 0 aliphatic heterocycles. The van der Waals surface area contributed by atoms with Gasteiger partial charge >= 0.3 is 0 Å². The minimum atomic E-state index is 1.12. The van der Waals surface area contributed by atoms with Crippen LogP contribution in [0.15, 0.2) is 11.6 Å². The first kappa shape index (κ1) is 6.49. The second-order valence-corrected chi connectivity index (χ2v) is 2.69. The predicted molar refractivity (Wildman–Crippen MR) is 41.6 cm³/mol. The van der Waals surface area contributed by atoms with Crippen molar-refractivity contribution in [3.8, 4) is 0 Å². The Morgan fingerprint density at radius 3 is 2.89 bits per heavy atom. The van der Waals surface area contributed by atoms with Crippen molar-refractivity contribution in [3.63, 3.8) is 0 Å². The van der Waals surface area contributed by atoms with Gasteiger partial charge in [-0.3, -0.25) is 0 Å². The summed E-state index contributed by atoms with van der Waals surface area (Å²) < 4.78 is 0. The Kier molecular flexibility index (Phi) is 2.01. The molecule has 1 nitrogen and oxygen atoms in total. The minimum absolute atomic E-state index is 1.12. The van der Waals surface area contributed by atoms with Crippen LogP contribution >= 0.6 is 11.3 Å². The molecule has 0 bridgehead atoms. The average molecular weight is 139 g/mol. The van der Waals surface area contributed by atoms with Gasteiger partial charge in [0, 0.05) is 4.88 Å². The first-order valence-corrected chi connectivity index (χ1v) is 3.75. The third kappa shape index (κ3) is 1.39. The number of rotatable bonds is 1. The van der Waals surface area contributed by atoms with E-state index in [-0.39, 0.29) is 0 Å². The molecule has 0 radical (unpaired) electrons. The van der Waals surface area contributed by atoms with E-state index in [1.54, 1.807) is 11.3 Å². The molecule has 0 N–H and O–H groups in total. The van der Waals surface area contributed by atoms with E-state index in [9.17, 15) is 0 Å². The maximum Gasteiger partial charge on any atom is 0.0801 e. The van der Waals surface area contributed by atoms with Crippen LogP contribution in [-0.4, -0.2) is 4.98 Å². The number of aromatic nitrogens is 1. The van der Waals surface area contributed by atoms with E-state index in [1.165, 1.54) is 4.88 Å². The van der Waals surface area contributed by atoms with Crippen molar-refractivity contribution in [1.29, 1.82) is 0 Å². The van der Waals surface area contributed by atoms with E-state index in [0.717, 1.165) is 5.69 Å². The van der Waals surface area contributed by atoms with E-state index in [0.29, 0.717) is 0 Å². The van der Waals surface area contributed by atoms with Crippen LogP contribution in [0.5, 0.6) is 0 Å². The highest BCUT2D eigenvalue weighted by Crippen LogP contribution is 2.12. The zero-order valence-corrected chi connectivity index (χ0v) is 6.40. The van der Waals surface area contributed by atoms with Crippen molar-refractivity contribution < 1.29 is 0 Å². The van der Waals surface area contributed by atoms with E-state index in [2.05, 4.69) is 11.1 Å². The van der Waals surface area contributed by atoms with Gasteiger partial charge in [-0.1, -0.05) is 6.08 Å². The fourth-order valence-electron chi connectivity index (χ4n) is 0.622. The third-order valence-electron chi connectivity index (χ3n) is 1.10. The molecular weight excluding hydrogens is 130 g/mol. The lowest BCUT2D eigenvalue weighted by Crippen LogP contribution is -1.69. The van der Waals surface area contributed by atoms with Gasteiger partial charge < -0.3 is 0 Å². The summed E-state index contributed by atoms with van der Waals surface area (Å²) in [5.74, 6) is 0. The molecule has 0 amide bonds. The first-order chi connectivity index (χ1) is 4.34. The Bertz CT molecular complexity index is 212. The average Bonchev–Trinajstić information content (AvgIpc) is 2.18. The maximum absolute atomic E-state index is 4.10. The molecule has 0 aliphatic carbocycles. The van der Waals surface area contributed by atoms with Crippen molar-refractivity contribution in [2.75, 3.05) is 0 Å². The number of thiazole rings is 1. The van der Waals surface area contributed by atoms with Crippen LogP contribution in [0.25, 0.3) is 6.08 Å². The molecular formula is C7H9NS. The lowest BCUT2D eigenvalue weighted by atomic mass is 10.4. The fourth-order valence-corrected chi connectivity index (χ4v) is 1.38. The largest absolute Gasteiger partial charge is 0.249 e. The zero-order chi connectivity index (χ0) is 6.69. The molecule has 0 saturated carbocycles. The van der Waals surface area contributed by atoms with Gasteiger partial charge in [-0.15, -0.1) is 11.3 Å². The van der Waals surface area contributed by atoms with Crippen LogP contribution in [0.4, 0.5) is 0 Å². The normalized spacial score (nSPS) is 10.9. The standard InChI is InChI=1S/C7H9NS/c1-3-4-7-6(2)8-5-9-7/h3-5H,1-2H3. The molecule has 0 aromatic carbocycles. The summed E-state index contributed by atoms with van der Waals surface area (Å²) in [4.78, 5) is 5.36. The Balaban J connectivity index is 2.94. The van der Waals surface area contributed by atoms with E-state index in [4.69, 9.17) is 0 Å². The van der Waals surface area contributed by atoms with Crippen molar-refractivity contribution in [1.82, 2.24) is 4.98 Å². The molecule has 1 rings (SSSR count). The molecule has 0 aliphatic rings. The van der Waals surface area contributed by atoms with E-state index < -0.39 is 0 Å². The summed E-state index contributed by atoms with van der Waals surface area (Å²) in [6.45, 7) is 4.03. The fraction of sp³-hybridized carbons (Fsp3) is 0.286. The summed E-state index contributed by atoms with van der Waals surface area (Å²) in [5, 5.41) is 0. The molecule has 0 atom stereocenters. The number of hydrogen-bond acceptors (Lipinski definition) is 2. The molecule has 0 fully saturated rings. The third-order valence-corrected chi connectivity index (χ3v) is 2.00. The van der Waals surface area contributed by atoms with Gasteiger partial charge in [-0.2, -0.15) is 0 Å². The van der Waals surface area contributed by atoms with Crippen LogP contribution < -0.4 is 0 Å². The number of nitrogens with zero attached hydrogens (tertiary/aromatic N) is 1. The van der Waals surface area contributed by atoms with Crippen molar-refractivity contribution >= 4 is 17.4 Å². The number of allylic oxidation sites excluding steroid dienone is 1. The molecule has 48 valence electrons. The summed E-state index contributed by atoms with van der Waals surface area (Å²) in [6.07, 6.45) is 4.10. The summed E-state index contributed by atoms with van der Waals surface area (Å²) >= 11 is 1.68. The molecule has 9 heavy (non-hydrogen) atoms. The van der Waals surface area contributed by atoms with Crippen molar-refractivity contribution in [2.24, 2.45) is 0 Å². The molecule has 0 saturated heterocycles. The summed E-state index contributed by atoms with van der Waals surface area (Å²) in [7, 11) is 0. The van der Waals surface area contributed by atoms with Gasteiger partial charge in [0.05, 0.1) is 11.2 Å². The van der Waals surface area contributed by atoms with Crippen molar-refractivity contribution in [3.05, 3.63) is 22.2 Å². The van der Waals surface area contributed by atoms with Gasteiger partial charge in [0.1, 0.15) is 0 Å². The van der Waals surface area contributed by atoms with E-state index >= 15 is 0 Å². The lowest BCUT2D eigenvalue weighted by Gasteiger charge is -1.82. The van der Waals surface area contributed by atoms with Gasteiger partial charge in [0.25, 0.3) is 0 Å². The van der Waals surface area contributed by atoms with E-state index in [1.807, 2.05) is 25.4 Å². The Labute approximate surface area is 59.1 Å². The highest BCUT2D eigenvalue weighted by molar-refractivity contribution is 7.10. The number of aryl methyl sites for hydroxylation is 1. The van der Waals surface area contributed by atoms with Crippen molar-refractivity contribution in [2.45, 2.75) is 13.8 Å². The molecule has 1 aromatic heterocycles. The van der Waals surface area contributed by atoms with Crippen LogP contribution in [0.3, 0.4) is 0 Å². The second kappa shape index (κ2) is 2.78. The molecule has 1 heterocycles. The van der Waals surface area contributed by atoms with Crippen LogP contribution in [0.2, 0.25) is 0 Å². The predicted octanol–water partition coefficient (Wildman–Crippen LogP) is 2.48. The molecule has 1 aromatic rings. The summed E-state index contributed by atoms with van der Waals surface area (Å²) in [5.41, 5.74) is 2.99. The highest BCUT2D eigenvalue weighted by atomic mass is 32.1. The van der Waals surface area contributed by atoms with Crippen LogP contribution in [-0.2, 0) is 0 Å². The Morgan fingerprint density at radius 1 is 1.67 bits per heavy atom. The summed E-state index contributed by atoms with van der Waals surface area (Å²) in [6, 6.07) is 0.